The average molecular weight is 374 g/mol. The molecule has 27 heavy (non-hydrogen) atoms. The van der Waals surface area contributed by atoms with Gasteiger partial charge in [-0.2, -0.15) is 5.10 Å². The first-order valence-electron chi connectivity index (χ1n) is 8.43. The van der Waals surface area contributed by atoms with E-state index >= 15 is 0 Å². The van der Waals surface area contributed by atoms with E-state index in [9.17, 15) is 19.7 Å². The second-order valence-electron chi connectivity index (χ2n) is 6.29. The maximum Gasteiger partial charge on any atom is 0.328 e. The number of rotatable bonds is 7. The maximum atomic E-state index is 12.5. The molecule has 0 aliphatic carbocycles. The Labute approximate surface area is 156 Å². The lowest BCUT2D eigenvalue weighted by Gasteiger charge is -2.26. The van der Waals surface area contributed by atoms with E-state index in [0.29, 0.717) is 5.69 Å². The van der Waals surface area contributed by atoms with Gasteiger partial charge in [-0.3, -0.25) is 24.4 Å². The standard InChI is InChI=1S/C18H22N4O5/c1-12(2)21(15-8-6-5-7-9-15)16(23)11-27-17(24)10-20-14(4)18(22(25)26)13(3)19-20/h5-9,12H,10-11H2,1-4H3. The topological polar surface area (TPSA) is 108 Å². The minimum atomic E-state index is -0.694. The highest BCUT2D eigenvalue weighted by molar-refractivity contribution is 5.95. The van der Waals surface area contributed by atoms with Crippen molar-refractivity contribution in [3.8, 4) is 0 Å². The van der Waals surface area contributed by atoms with Gasteiger partial charge in [-0.15, -0.1) is 0 Å². The summed E-state index contributed by atoms with van der Waals surface area (Å²) in [7, 11) is 0. The van der Waals surface area contributed by atoms with Crippen LogP contribution < -0.4 is 4.90 Å². The number of carbonyl (C=O) groups excluding carboxylic acids is 2. The van der Waals surface area contributed by atoms with Crippen LogP contribution in [0.25, 0.3) is 0 Å². The van der Waals surface area contributed by atoms with Crippen LogP contribution in [-0.2, 0) is 20.9 Å². The molecule has 2 rings (SSSR count). The van der Waals surface area contributed by atoms with Gasteiger partial charge in [0, 0.05) is 11.7 Å². The van der Waals surface area contributed by atoms with Gasteiger partial charge in [0.05, 0.1) is 4.92 Å². The maximum absolute atomic E-state index is 12.5. The van der Waals surface area contributed by atoms with Crippen molar-refractivity contribution in [2.45, 2.75) is 40.3 Å². The third kappa shape index (κ3) is 4.69. The van der Waals surface area contributed by atoms with E-state index in [1.165, 1.54) is 18.5 Å². The molecule has 0 atom stereocenters. The quantitative estimate of drug-likeness (QED) is 0.418. The van der Waals surface area contributed by atoms with Crippen LogP contribution in [0.5, 0.6) is 0 Å². The van der Waals surface area contributed by atoms with E-state index < -0.39 is 17.5 Å². The number of ether oxygens (including phenoxy) is 1. The van der Waals surface area contributed by atoms with Gasteiger partial charge in [-0.1, -0.05) is 18.2 Å². The molecule has 0 fully saturated rings. The lowest BCUT2D eigenvalue weighted by Crippen LogP contribution is -2.40. The summed E-state index contributed by atoms with van der Waals surface area (Å²) in [6.07, 6.45) is 0. The minimum absolute atomic E-state index is 0.114. The van der Waals surface area contributed by atoms with Crippen LogP contribution in [-0.4, -0.2) is 39.2 Å². The fourth-order valence-corrected chi connectivity index (χ4v) is 2.80. The number of nitro groups is 1. The Morgan fingerprint density at radius 1 is 1.26 bits per heavy atom. The van der Waals surface area contributed by atoms with Gasteiger partial charge in [0.15, 0.2) is 6.61 Å². The van der Waals surface area contributed by atoms with E-state index in [1.54, 1.807) is 17.0 Å². The average Bonchev–Trinajstić information content (AvgIpc) is 2.87. The Morgan fingerprint density at radius 3 is 2.41 bits per heavy atom. The predicted molar refractivity (Wildman–Crippen MR) is 98.4 cm³/mol. The molecule has 1 aromatic heterocycles. The molecule has 0 bridgehead atoms. The number of benzene rings is 1. The summed E-state index contributed by atoms with van der Waals surface area (Å²) < 4.78 is 6.27. The third-order valence-electron chi connectivity index (χ3n) is 3.98. The lowest BCUT2D eigenvalue weighted by molar-refractivity contribution is -0.386. The summed E-state index contributed by atoms with van der Waals surface area (Å²) in [5, 5.41) is 15.0. The Morgan fingerprint density at radius 2 is 1.89 bits per heavy atom. The highest BCUT2D eigenvalue weighted by Crippen LogP contribution is 2.21. The number of amides is 1. The first kappa shape index (κ1) is 20.1. The van der Waals surface area contributed by atoms with Gasteiger partial charge in [0.2, 0.25) is 0 Å². The summed E-state index contributed by atoms with van der Waals surface area (Å²) in [5.74, 6) is -1.05. The van der Waals surface area contributed by atoms with Gasteiger partial charge in [0.25, 0.3) is 5.91 Å². The monoisotopic (exact) mass is 374 g/mol. The molecule has 9 heteroatoms. The van der Waals surface area contributed by atoms with Crippen molar-refractivity contribution < 1.29 is 19.2 Å². The molecule has 1 heterocycles. The molecule has 0 N–H and O–H groups in total. The molecular weight excluding hydrogens is 352 g/mol. The van der Waals surface area contributed by atoms with Crippen LogP contribution in [0.1, 0.15) is 25.2 Å². The van der Waals surface area contributed by atoms with E-state index in [4.69, 9.17) is 4.74 Å². The second-order valence-corrected chi connectivity index (χ2v) is 6.29. The SMILES string of the molecule is Cc1nn(CC(=O)OCC(=O)N(c2ccccc2)C(C)C)c(C)c1[N+](=O)[O-]. The third-order valence-corrected chi connectivity index (χ3v) is 3.98. The molecule has 0 aliphatic heterocycles. The van der Waals surface area contributed by atoms with Crippen molar-refractivity contribution in [3.05, 3.63) is 51.8 Å². The van der Waals surface area contributed by atoms with Crippen molar-refractivity contribution in [1.29, 1.82) is 0 Å². The van der Waals surface area contributed by atoms with Crippen molar-refractivity contribution in [1.82, 2.24) is 9.78 Å². The minimum Gasteiger partial charge on any atom is -0.454 e. The van der Waals surface area contributed by atoms with Crippen molar-refractivity contribution in [2.24, 2.45) is 0 Å². The molecular formula is C18H22N4O5. The first-order valence-corrected chi connectivity index (χ1v) is 8.43. The molecule has 0 saturated heterocycles. The largest absolute Gasteiger partial charge is 0.454 e. The van der Waals surface area contributed by atoms with E-state index in [1.807, 2.05) is 32.0 Å². The molecule has 0 radical (unpaired) electrons. The number of esters is 1. The normalized spacial score (nSPS) is 10.7. The van der Waals surface area contributed by atoms with E-state index in [-0.39, 0.29) is 35.6 Å². The number of aryl methyl sites for hydroxylation is 1. The Hall–Kier alpha value is -3.23. The molecule has 0 unspecified atom stereocenters. The number of anilines is 1. The zero-order valence-corrected chi connectivity index (χ0v) is 15.7. The smallest absolute Gasteiger partial charge is 0.328 e. The Kier molecular flexibility index (Phi) is 6.27. The predicted octanol–water partition coefficient (Wildman–Crippen LogP) is 2.39. The molecule has 2 aromatic rings. The molecule has 0 aliphatic rings. The van der Waals surface area contributed by atoms with Crippen LogP contribution in [0.4, 0.5) is 11.4 Å². The highest BCUT2D eigenvalue weighted by Gasteiger charge is 2.24. The lowest BCUT2D eigenvalue weighted by atomic mass is 10.2. The summed E-state index contributed by atoms with van der Waals surface area (Å²) in [4.78, 5) is 36.6. The van der Waals surface area contributed by atoms with Gasteiger partial charge < -0.3 is 9.64 Å². The number of carbonyl (C=O) groups is 2. The zero-order chi connectivity index (χ0) is 20.1. The van der Waals surface area contributed by atoms with Gasteiger partial charge in [-0.25, -0.2) is 0 Å². The number of para-hydroxylation sites is 1. The molecule has 1 amide bonds. The fourth-order valence-electron chi connectivity index (χ4n) is 2.80. The van der Waals surface area contributed by atoms with Crippen LogP contribution >= 0.6 is 0 Å². The number of hydrogen-bond donors (Lipinski definition) is 0. The van der Waals surface area contributed by atoms with Crippen molar-refractivity contribution in [2.75, 3.05) is 11.5 Å². The molecule has 0 spiro atoms. The zero-order valence-electron chi connectivity index (χ0n) is 15.7. The fraction of sp³-hybridized carbons (Fsp3) is 0.389. The summed E-state index contributed by atoms with van der Waals surface area (Å²) >= 11 is 0. The van der Waals surface area contributed by atoms with Crippen LogP contribution in [0.2, 0.25) is 0 Å². The number of nitrogens with zero attached hydrogens (tertiary/aromatic N) is 4. The summed E-state index contributed by atoms with van der Waals surface area (Å²) in [6, 6.07) is 8.97. The van der Waals surface area contributed by atoms with Crippen LogP contribution in [0.15, 0.2) is 30.3 Å². The van der Waals surface area contributed by atoms with Gasteiger partial charge in [-0.05, 0) is 39.8 Å². The highest BCUT2D eigenvalue weighted by atomic mass is 16.6. The Balaban J connectivity index is 2.02. The van der Waals surface area contributed by atoms with Gasteiger partial charge >= 0.3 is 11.7 Å². The Bertz CT molecular complexity index is 845. The molecule has 1 aromatic carbocycles. The van der Waals surface area contributed by atoms with Gasteiger partial charge in [0.1, 0.15) is 17.9 Å². The molecule has 9 nitrogen and oxygen atoms in total. The van der Waals surface area contributed by atoms with Crippen LogP contribution in [0, 0.1) is 24.0 Å². The molecule has 144 valence electrons. The molecule has 0 saturated carbocycles. The van der Waals surface area contributed by atoms with Crippen molar-refractivity contribution in [3.63, 3.8) is 0 Å². The van der Waals surface area contributed by atoms with E-state index in [2.05, 4.69) is 5.10 Å². The first-order chi connectivity index (χ1) is 12.7. The number of aromatic nitrogens is 2. The number of hydrogen-bond acceptors (Lipinski definition) is 6. The van der Waals surface area contributed by atoms with Crippen molar-refractivity contribution >= 4 is 23.3 Å². The second kappa shape index (κ2) is 8.43. The summed E-state index contributed by atoms with van der Waals surface area (Å²) in [6.45, 7) is 6.00. The van der Waals surface area contributed by atoms with Crippen LogP contribution in [0.3, 0.4) is 0 Å². The summed E-state index contributed by atoms with van der Waals surface area (Å²) in [5.41, 5.74) is 1.06. The van der Waals surface area contributed by atoms with E-state index in [0.717, 1.165) is 0 Å².